The van der Waals surface area contributed by atoms with Crippen LogP contribution in [0.15, 0.2) is 24.3 Å². The average molecular weight is 298 g/mol. The molecule has 0 spiro atoms. The first kappa shape index (κ1) is 15.7. The van der Waals surface area contributed by atoms with E-state index >= 15 is 0 Å². The van der Waals surface area contributed by atoms with E-state index in [0.29, 0.717) is 0 Å². The highest BCUT2D eigenvalue weighted by Gasteiger charge is 2.22. The van der Waals surface area contributed by atoms with E-state index < -0.39 is 6.61 Å². The van der Waals surface area contributed by atoms with Crippen molar-refractivity contribution in [2.24, 2.45) is 0 Å². The van der Waals surface area contributed by atoms with Gasteiger partial charge < -0.3 is 15.4 Å². The Balaban J connectivity index is 1.95. The normalized spacial score (nSPS) is 20.1. The van der Waals surface area contributed by atoms with Gasteiger partial charge in [-0.25, -0.2) is 0 Å². The van der Waals surface area contributed by atoms with Crippen molar-refractivity contribution < 1.29 is 18.3 Å². The summed E-state index contributed by atoms with van der Waals surface area (Å²) in [5.74, 6) is 0.0433. The van der Waals surface area contributed by atoms with Crippen LogP contribution in [-0.4, -0.2) is 25.1 Å². The Kier molecular flexibility index (Phi) is 5.50. The number of hydrogen-bond donors (Lipinski definition) is 2. The fraction of sp³-hybridized carbons (Fsp3) is 0.533. The Hall–Kier alpha value is -1.69. The summed E-state index contributed by atoms with van der Waals surface area (Å²) in [5.41, 5.74) is 0.734. The largest absolute Gasteiger partial charge is 0.435 e. The quantitative estimate of drug-likeness (QED) is 0.878. The molecule has 0 saturated carbocycles. The molecule has 2 rings (SSSR count). The van der Waals surface area contributed by atoms with Crippen LogP contribution in [0.5, 0.6) is 5.75 Å². The number of piperidine rings is 1. The zero-order valence-electron chi connectivity index (χ0n) is 11.9. The number of halogens is 2. The number of benzene rings is 1. The van der Waals surface area contributed by atoms with Crippen molar-refractivity contribution in [1.82, 2.24) is 10.6 Å². The summed E-state index contributed by atoms with van der Waals surface area (Å²) in [4.78, 5) is 12.1. The van der Waals surface area contributed by atoms with Gasteiger partial charge in [-0.3, -0.25) is 4.79 Å². The minimum Gasteiger partial charge on any atom is -0.435 e. The van der Waals surface area contributed by atoms with Gasteiger partial charge in [-0.2, -0.15) is 8.78 Å². The van der Waals surface area contributed by atoms with Crippen molar-refractivity contribution in [3.8, 4) is 5.75 Å². The molecule has 21 heavy (non-hydrogen) atoms. The van der Waals surface area contributed by atoms with Gasteiger partial charge in [0.1, 0.15) is 5.75 Å². The summed E-state index contributed by atoms with van der Waals surface area (Å²) in [7, 11) is 0. The topological polar surface area (TPSA) is 50.4 Å². The number of nitrogens with one attached hydrogen (secondary N) is 2. The van der Waals surface area contributed by atoms with E-state index in [0.717, 1.165) is 31.4 Å². The van der Waals surface area contributed by atoms with Crippen LogP contribution >= 0.6 is 0 Å². The van der Waals surface area contributed by atoms with E-state index in [1.807, 2.05) is 6.92 Å². The molecule has 6 heteroatoms. The molecule has 0 bridgehead atoms. The van der Waals surface area contributed by atoms with Gasteiger partial charge in [-0.05, 0) is 44.0 Å². The number of ether oxygens (including phenoxy) is 1. The highest BCUT2D eigenvalue weighted by atomic mass is 19.3. The lowest BCUT2D eigenvalue weighted by atomic mass is 10.0. The molecule has 1 saturated heterocycles. The van der Waals surface area contributed by atoms with Crippen molar-refractivity contribution in [3.05, 3.63) is 29.8 Å². The van der Waals surface area contributed by atoms with Crippen LogP contribution < -0.4 is 15.4 Å². The maximum atomic E-state index is 12.2. The van der Waals surface area contributed by atoms with Crippen LogP contribution in [0.3, 0.4) is 0 Å². The Morgan fingerprint density at radius 1 is 1.43 bits per heavy atom. The smallest absolute Gasteiger partial charge is 0.387 e. The average Bonchev–Trinajstić information content (AvgIpc) is 2.47. The number of carbonyl (C=O) groups excluding carboxylic acids is 1. The highest BCUT2D eigenvalue weighted by Crippen LogP contribution is 2.21. The summed E-state index contributed by atoms with van der Waals surface area (Å²) in [6.45, 7) is -0.177. The predicted molar refractivity (Wildman–Crippen MR) is 75.3 cm³/mol. The van der Waals surface area contributed by atoms with Crippen LogP contribution in [0.1, 0.15) is 37.8 Å². The number of amides is 1. The van der Waals surface area contributed by atoms with Gasteiger partial charge in [0.05, 0.1) is 12.1 Å². The van der Waals surface area contributed by atoms with Crippen molar-refractivity contribution >= 4 is 5.91 Å². The number of rotatable bonds is 5. The molecule has 0 radical (unpaired) electrons. The summed E-state index contributed by atoms with van der Waals surface area (Å²) >= 11 is 0. The van der Waals surface area contributed by atoms with E-state index in [9.17, 15) is 13.6 Å². The Bertz CT molecular complexity index is 476. The van der Waals surface area contributed by atoms with Crippen LogP contribution in [0, 0.1) is 0 Å². The van der Waals surface area contributed by atoms with Crippen LogP contribution in [0.4, 0.5) is 8.78 Å². The van der Waals surface area contributed by atoms with Crippen molar-refractivity contribution in [2.45, 2.75) is 44.9 Å². The molecule has 1 aliphatic heterocycles. The molecule has 1 amide bonds. The summed E-state index contributed by atoms with van der Waals surface area (Å²) in [6.07, 6.45) is 2.95. The molecular formula is C15H20F2N2O2. The molecule has 1 heterocycles. The van der Waals surface area contributed by atoms with E-state index in [1.165, 1.54) is 12.1 Å². The third-order valence-electron chi connectivity index (χ3n) is 3.57. The monoisotopic (exact) mass is 298 g/mol. The summed E-state index contributed by atoms with van der Waals surface area (Å²) in [5, 5.41) is 6.08. The molecule has 1 aromatic rings. The molecule has 1 unspecified atom stereocenters. The predicted octanol–water partition coefficient (Wildman–Crippen LogP) is 2.61. The van der Waals surface area contributed by atoms with Crippen LogP contribution in [-0.2, 0) is 4.79 Å². The fourth-order valence-electron chi connectivity index (χ4n) is 2.43. The van der Waals surface area contributed by atoms with Gasteiger partial charge in [0.15, 0.2) is 0 Å². The van der Waals surface area contributed by atoms with Gasteiger partial charge in [-0.1, -0.05) is 18.6 Å². The van der Waals surface area contributed by atoms with Crippen LogP contribution in [0.25, 0.3) is 0 Å². The molecule has 0 aliphatic carbocycles. The molecule has 2 atom stereocenters. The SMILES string of the molecule is CC(NC(=O)[C@@H]1CCCCN1)c1cccc(OC(F)F)c1. The van der Waals surface area contributed by atoms with E-state index in [1.54, 1.807) is 12.1 Å². The van der Waals surface area contributed by atoms with E-state index in [2.05, 4.69) is 15.4 Å². The molecule has 1 aromatic carbocycles. The number of carbonyl (C=O) groups is 1. The maximum absolute atomic E-state index is 12.2. The third-order valence-corrected chi connectivity index (χ3v) is 3.57. The third kappa shape index (κ3) is 4.67. The lowest BCUT2D eigenvalue weighted by Crippen LogP contribution is -2.47. The molecule has 2 N–H and O–H groups in total. The zero-order valence-corrected chi connectivity index (χ0v) is 11.9. The van der Waals surface area contributed by atoms with E-state index in [-0.39, 0.29) is 23.7 Å². The Morgan fingerprint density at radius 2 is 2.24 bits per heavy atom. The van der Waals surface area contributed by atoms with Gasteiger partial charge in [0, 0.05) is 0 Å². The molecule has 116 valence electrons. The van der Waals surface area contributed by atoms with Gasteiger partial charge in [0.25, 0.3) is 0 Å². The second kappa shape index (κ2) is 7.36. The highest BCUT2D eigenvalue weighted by molar-refractivity contribution is 5.82. The molecular weight excluding hydrogens is 278 g/mol. The van der Waals surface area contributed by atoms with Gasteiger partial charge >= 0.3 is 6.61 Å². The lowest BCUT2D eigenvalue weighted by molar-refractivity contribution is -0.124. The standard InChI is InChI=1S/C15H20F2N2O2/c1-10(19-14(20)13-7-2-3-8-18-13)11-5-4-6-12(9-11)21-15(16)17/h4-6,9-10,13,15,18H,2-3,7-8H2,1H3,(H,19,20)/t10?,13-/m0/s1. The first-order valence-corrected chi connectivity index (χ1v) is 7.15. The van der Waals surface area contributed by atoms with Crippen LogP contribution in [0.2, 0.25) is 0 Å². The first-order valence-electron chi connectivity index (χ1n) is 7.15. The van der Waals surface area contributed by atoms with Crippen molar-refractivity contribution in [2.75, 3.05) is 6.54 Å². The summed E-state index contributed by atoms with van der Waals surface area (Å²) < 4.78 is 28.8. The van der Waals surface area contributed by atoms with Gasteiger partial charge in [0.2, 0.25) is 5.91 Å². The first-order chi connectivity index (χ1) is 10.1. The van der Waals surface area contributed by atoms with Crippen molar-refractivity contribution in [3.63, 3.8) is 0 Å². The Morgan fingerprint density at radius 3 is 2.90 bits per heavy atom. The van der Waals surface area contributed by atoms with E-state index in [4.69, 9.17) is 0 Å². The minimum atomic E-state index is -2.85. The second-order valence-corrected chi connectivity index (χ2v) is 5.18. The minimum absolute atomic E-state index is 0.0534. The number of hydrogen-bond acceptors (Lipinski definition) is 3. The zero-order chi connectivity index (χ0) is 15.2. The Labute approximate surface area is 122 Å². The molecule has 0 aromatic heterocycles. The second-order valence-electron chi connectivity index (χ2n) is 5.18. The molecule has 4 nitrogen and oxygen atoms in total. The lowest BCUT2D eigenvalue weighted by Gasteiger charge is -2.24. The summed E-state index contributed by atoms with van der Waals surface area (Å²) in [6, 6.07) is 5.97. The van der Waals surface area contributed by atoms with Gasteiger partial charge in [-0.15, -0.1) is 0 Å². The number of alkyl halides is 2. The molecule has 1 aliphatic rings. The molecule has 1 fully saturated rings. The fourth-order valence-corrected chi connectivity index (χ4v) is 2.43. The maximum Gasteiger partial charge on any atom is 0.387 e. The van der Waals surface area contributed by atoms with Crippen molar-refractivity contribution in [1.29, 1.82) is 0 Å².